The third-order valence-corrected chi connectivity index (χ3v) is 4.17. The topological polar surface area (TPSA) is 0 Å². The van der Waals surface area contributed by atoms with Gasteiger partial charge in [0.05, 0.1) is 4.58 Å². The molecule has 0 N–H and O–H groups in total. The first-order chi connectivity index (χ1) is 7.86. The van der Waals surface area contributed by atoms with Gasteiger partial charge in [0.15, 0.2) is 0 Å². The van der Waals surface area contributed by atoms with Crippen molar-refractivity contribution in [2.45, 2.75) is 10.3 Å². The van der Waals surface area contributed by atoms with Crippen LogP contribution in [-0.2, 0) is 5.75 Å². The number of thiol groups is 1. The van der Waals surface area contributed by atoms with Gasteiger partial charge in [0, 0.05) is 5.75 Å². The molecule has 0 radical (unpaired) electrons. The Balaban J connectivity index is 1.92. The Labute approximate surface area is 106 Å². The zero-order chi connectivity index (χ0) is 11.2. The highest BCUT2D eigenvalue weighted by Crippen LogP contribution is 2.34. The Morgan fingerprint density at radius 1 is 0.875 bits per heavy atom. The molecule has 2 rings (SSSR count). The summed E-state index contributed by atoms with van der Waals surface area (Å²) in [5, 5.41) is 0. The molecule has 1 unspecified atom stereocenters. The lowest BCUT2D eigenvalue weighted by atomic mass is 10.2. The van der Waals surface area contributed by atoms with Crippen LogP contribution in [0.2, 0.25) is 0 Å². The van der Waals surface area contributed by atoms with Gasteiger partial charge < -0.3 is 0 Å². The second-order valence-electron chi connectivity index (χ2n) is 3.56. The summed E-state index contributed by atoms with van der Waals surface area (Å²) in [6, 6.07) is 20.9. The number of thioether (sulfide) groups is 1. The molecular weight excluding hydrogens is 232 g/mol. The average Bonchev–Trinajstić information content (AvgIpc) is 2.38. The first-order valence-corrected chi connectivity index (χ1v) is 6.81. The van der Waals surface area contributed by atoms with Crippen LogP contribution < -0.4 is 0 Å². The van der Waals surface area contributed by atoms with Crippen molar-refractivity contribution >= 4 is 24.4 Å². The number of hydrogen-bond acceptors (Lipinski definition) is 2. The summed E-state index contributed by atoms with van der Waals surface area (Å²) in [5.41, 5.74) is 2.62. The third kappa shape index (κ3) is 3.32. The van der Waals surface area contributed by atoms with Crippen LogP contribution in [0.5, 0.6) is 0 Å². The van der Waals surface area contributed by atoms with Crippen molar-refractivity contribution in [3.05, 3.63) is 71.8 Å². The van der Waals surface area contributed by atoms with Crippen LogP contribution in [0.4, 0.5) is 0 Å². The lowest BCUT2D eigenvalue weighted by molar-refractivity contribution is 1.35. The van der Waals surface area contributed by atoms with Gasteiger partial charge in [-0.1, -0.05) is 60.7 Å². The van der Waals surface area contributed by atoms with Crippen LogP contribution in [0.15, 0.2) is 60.7 Å². The maximum absolute atomic E-state index is 4.61. The number of hydrogen-bond donors (Lipinski definition) is 1. The van der Waals surface area contributed by atoms with E-state index in [1.54, 1.807) is 0 Å². The molecule has 0 aliphatic heterocycles. The summed E-state index contributed by atoms with van der Waals surface area (Å²) in [5.74, 6) is 1.00. The van der Waals surface area contributed by atoms with E-state index in [1.165, 1.54) is 11.1 Å². The summed E-state index contributed by atoms with van der Waals surface area (Å²) in [6.07, 6.45) is 0. The molecule has 0 aromatic heterocycles. The molecule has 82 valence electrons. The molecule has 0 saturated heterocycles. The molecule has 0 spiro atoms. The predicted octanol–water partition coefficient (Wildman–Crippen LogP) is 4.55. The van der Waals surface area contributed by atoms with Gasteiger partial charge in [-0.15, -0.1) is 11.8 Å². The highest BCUT2D eigenvalue weighted by molar-refractivity contribution is 8.09. The van der Waals surface area contributed by atoms with Crippen molar-refractivity contribution in [3.63, 3.8) is 0 Å². The van der Waals surface area contributed by atoms with E-state index in [4.69, 9.17) is 0 Å². The molecule has 16 heavy (non-hydrogen) atoms. The van der Waals surface area contributed by atoms with E-state index >= 15 is 0 Å². The lowest BCUT2D eigenvalue weighted by Gasteiger charge is -2.10. The van der Waals surface area contributed by atoms with E-state index < -0.39 is 0 Å². The summed E-state index contributed by atoms with van der Waals surface area (Å²) < 4.78 is 0.251. The maximum Gasteiger partial charge on any atom is 0.0724 e. The fraction of sp³-hybridized carbons (Fsp3) is 0.143. The highest BCUT2D eigenvalue weighted by atomic mass is 32.2. The standard InChI is InChI=1S/C14H14S2/c15-14(13-9-5-2-6-10-13)16-11-12-7-3-1-4-8-12/h1-10,14-15H,11H2. The predicted molar refractivity (Wildman–Crippen MR) is 75.9 cm³/mol. The first kappa shape index (κ1) is 11.6. The Kier molecular flexibility index (Phi) is 4.37. The minimum absolute atomic E-state index is 0.251. The summed E-state index contributed by atoms with van der Waals surface area (Å²) in [7, 11) is 0. The van der Waals surface area contributed by atoms with Gasteiger partial charge in [-0.2, -0.15) is 12.6 Å². The van der Waals surface area contributed by atoms with E-state index in [-0.39, 0.29) is 4.58 Å². The quantitative estimate of drug-likeness (QED) is 0.610. The SMILES string of the molecule is SC(SCc1ccccc1)c1ccccc1. The minimum atomic E-state index is 0.251. The third-order valence-electron chi connectivity index (χ3n) is 2.34. The molecule has 0 aliphatic rings. The molecule has 0 saturated carbocycles. The van der Waals surface area contributed by atoms with Gasteiger partial charge >= 0.3 is 0 Å². The van der Waals surface area contributed by atoms with E-state index in [0.29, 0.717) is 0 Å². The van der Waals surface area contributed by atoms with Crippen LogP contribution >= 0.6 is 24.4 Å². The van der Waals surface area contributed by atoms with Crippen molar-refractivity contribution in [2.75, 3.05) is 0 Å². The molecule has 2 aromatic rings. The van der Waals surface area contributed by atoms with Crippen molar-refractivity contribution in [3.8, 4) is 0 Å². The fourth-order valence-corrected chi connectivity index (χ4v) is 2.75. The van der Waals surface area contributed by atoms with E-state index in [9.17, 15) is 0 Å². The molecule has 2 aromatic carbocycles. The van der Waals surface area contributed by atoms with Gasteiger partial charge in [0.25, 0.3) is 0 Å². The molecule has 2 heteroatoms. The molecule has 0 amide bonds. The maximum atomic E-state index is 4.61. The van der Waals surface area contributed by atoms with Crippen molar-refractivity contribution in [1.29, 1.82) is 0 Å². The van der Waals surface area contributed by atoms with E-state index in [2.05, 4.69) is 61.2 Å². The second-order valence-corrected chi connectivity index (χ2v) is 5.52. The zero-order valence-corrected chi connectivity index (χ0v) is 10.6. The van der Waals surface area contributed by atoms with Crippen LogP contribution in [0.1, 0.15) is 15.7 Å². The lowest BCUT2D eigenvalue weighted by Crippen LogP contribution is -1.86. The molecule has 0 aliphatic carbocycles. The second kappa shape index (κ2) is 6.02. The normalized spacial score (nSPS) is 12.3. The molecule has 0 nitrogen and oxygen atoms in total. The Hall–Kier alpha value is -0.860. The van der Waals surface area contributed by atoms with Crippen LogP contribution in [-0.4, -0.2) is 0 Å². The van der Waals surface area contributed by atoms with Crippen molar-refractivity contribution < 1.29 is 0 Å². The molecule has 0 bridgehead atoms. The average molecular weight is 246 g/mol. The molecule has 0 heterocycles. The minimum Gasteiger partial charge on any atom is -0.160 e. The monoisotopic (exact) mass is 246 g/mol. The van der Waals surface area contributed by atoms with Crippen LogP contribution in [0.3, 0.4) is 0 Å². The Morgan fingerprint density at radius 3 is 2.06 bits per heavy atom. The molecule has 0 fully saturated rings. The van der Waals surface area contributed by atoms with Crippen molar-refractivity contribution in [1.82, 2.24) is 0 Å². The summed E-state index contributed by atoms with van der Waals surface area (Å²) in [4.78, 5) is 0. The largest absolute Gasteiger partial charge is 0.160 e. The Morgan fingerprint density at radius 2 is 1.44 bits per heavy atom. The number of rotatable bonds is 4. The Bertz CT molecular complexity index is 411. The van der Waals surface area contributed by atoms with Gasteiger partial charge in [0.2, 0.25) is 0 Å². The van der Waals surface area contributed by atoms with Gasteiger partial charge in [-0.25, -0.2) is 0 Å². The van der Waals surface area contributed by atoms with E-state index in [0.717, 1.165) is 5.75 Å². The van der Waals surface area contributed by atoms with E-state index in [1.807, 2.05) is 23.9 Å². The van der Waals surface area contributed by atoms with Gasteiger partial charge in [0.1, 0.15) is 0 Å². The van der Waals surface area contributed by atoms with Gasteiger partial charge in [-0.3, -0.25) is 0 Å². The summed E-state index contributed by atoms with van der Waals surface area (Å²) in [6.45, 7) is 0. The first-order valence-electron chi connectivity index (χ1n) is 5.25. The van der Waals surface area contributed by atoms with Crippen molar-refractivity contribution in [2.24, 2.45) is 0 Å². The van der Waals surface area contributed by atoms with Gasteiger partial charge in [-0.05, 0) is 11.1 Å². The van der Waals surface area contributed by atoms with Crippen LogP contribution in [0.25, 0.3) is 0 Å². The number of benzene rings is 2. The molecular formula is C14H14S2. The molecule has 1 atom stereocenters. The zero-order valence-electron chi connectivity index (χ0n) is 8.91. The van der Waals surface area contributed by atoms with Crippen LogP contribution in [0, 0.1) is 0 Å². The fourth-order valence-electron chi connectivity index (χ4n) is 1.46. The smallest absolute Gasteiger partial charge is 0.0724 e. The highest BCUT2D eigenvalue weighted by Gasteiger charge is 2.05. The summed E-state index contributed by atoms with van der Waals surface area (Å²) >= 11 is 6.46.